The first-order chi connectivity index (χ1) is 22.4. The fourth-order valence-corrected chi connectivity index (χ4v) is 4.77. The molecule has 1 N–H and O–H groups in total. The zero-order chi connectivity index (χ0) is 31.9. The summed E-state index contributed by atoms with van der Waals surface area (Å²) < 4.78 is 50.1. The van der Waals surface area contributed by atoms with Crippen LogP contribution in [0.4, 0.5) is 19.0 Å². The van der Waals surface area contributed by atoms with Gasteiger partial charge < -0.3 is 14.2 Å². The van der Waals surface area contributed by atoms with Crippen molar-refractivity contribution < 1.29 is 22.0 Å². The summed E-state index contributed by atoms with van der Waals surface area (Å²) in [5, 5.41) is 3.40. The molecule has 1 atom stereocenters. The summed E-state index contributed by atoms with van der Waals surface area (Å²) >= 11 is 0. The quantitative estimate of drug-likeness (QED) is 0.178. The summed E-state index contributed by atoms with van der Waals surface area (Å²) in [6.07, 6.45) is 5.74. The molecule has 0 radical (unpaired) electrons. The van der Waals surface area contributed by atoms with Gasteiger partial charge in [-0.05, 0) is 79.2 Å². The molecule has 0 aliphatic rings. The second-order valence-corrected chi connectivity index (χ2v) is 10.1. The highest BCUT2D eigenvalue weighted by molar-refractivity contribution is 5.78. The summed E-state index contributed by atoms with van der Waals surface area (Å²) in [6.45, 7) is 2.09. The van der Waals surface area contributed by atoms with E-state index in [0.29, 0.717) is 34.0 Å². The summed E-state index contributed by atoms with van der Waals surface area (Å²) in [7, 11) is 0. The van der Waals surface area contributed by atoms with E-state index in [-0.39, 0.29) is 17.7 Å². The Morgan fingerprint density at radius 1 is 0.565 bits per heavy atom. The fraction of sp³-hybridized carbons (Fsp3) is 0.0556. The van der Waals surface area contributed by atoms with Crippen LogP contribution in [0.5, 0.6) is 0 Å². The number of pyridine rings is 2. The predicted molar refractivity (Wildman–Crippen MR) is 169 cm³/mol. The first-order valence-electron chi connectivity index (χ1n) is 14.2. The largest absolute Gasteiger partial charge is 0.443 e. The number of nitrogens with zero attached hydrogens (tertiary/aromatic N) is 4. The lowest BCUT2D eigenvalue weighted by Gasteiger charge is -2.15. The van der Waals surface area contributed by atoms with Crippen LogP contribution in [0, 0.1) is 17.6 Å². The second kappa shape index (κ2) is 13.7. The van der Waals surface area contributed by atoms with Crippen LogP contribution in [-0.2, 0) is 0 Å². The minimum absolute atomic E-state index is 0.111. The Morgan fingerprint density at radius 3 is 1.63 bits per heavy atom. The van der Waals surface area contributed by atoms with Crippen LogP contribution in [0.25, 0.3) is 45.2 Å². The van der Waals surface area contributed by atoms with Gasteiger partial charge in [0.05, 0.1) is 0 Å². The molecule has 0 spiro atoms. The van der Waals surface area contributed by atoms with E-state index in [1.807, 2.05) is 30.3 Å². The number of rotatable bonds is 7. The SMILES string of the molecule is C[C@H](Nc1cc(-c2ocnc2-c2ccc(F)cc2)ccn1)c1ccccc1.Fc1ccc(-c2ncoc2-c2ccnc(F)c2)cc1. The second-order valence-electron chi connectivity index (χ2n) is 10.1. The Bertz CT molecular complexity index is 2030. The molecular formula is C36H26F3N5O2. The van der Waals surface area contributed by atoms with Crippen molar-refractivity contribution in [3.05, 3.63) is 151 Å². The van der Waals surface area contributed by atoms with Gasteiger partial charge in [0, 0.05) is 46.8 Å². The number of hydrogen-bond donors (Lipinski definition) is 1. The van der Waals surface area contributed by atoms with Gasteiger partial charge in [0.2, 0.25) is 5.95 Å². The van der Waals surface area contributed by atoms with Crippen molar-refractivity contribution >= 4 is 5.82 Å². The molecule has 7 rings (SSSR count). The summed E-state index contributed by atoms with van der Waals surface area (Å²) in [4.78, 5) is 16.3. The number of benzene rings is 3. The summed E-state index contributed by atoms with van der Waals surface area (Å²) in [6, 6.07) is 29.0. The highest BCUT2D eigenvalue weighted by Gasteiger charge is 2.15. The van der Waals surface area contributed by atoms with Crippen LogP contribution < -0.4 is 5.32 Å². The van der Waals surface area contributed by atoms with Crippen molar-refractivity contribution in [3.63, 3.8) is 0 Å². The van der Waals surface area contributed by atoms with E-state index in [0.717, 1.165) is 16.9 Å². The van der Waals surface area contributed by atoms with Crippen molar-refractivity contribution in [2.45, 2.75) is 13.0 Å². The van der Waals surface area contributed by atoms with Gasteiger partial charge in [-0.15, -0.1) is 0 Å². The molecule has 228 valence electrons. The third-order valence-electron chi connectivity index (χ3n) is 7.05. The highest BCUT2D eigenvalue weighted by Crippen LogP contribution is 2.33. The zero-order valence-electron chi connectivity index (χ0n) is 24.4. The van der Waals surface area contributed by atoms with Gasteiger partial charge in [0.25, 0.3) is 0 Å². The average Bonchev–Trinajstić information content (AvgIpc) is 3.78. The van der Waals surface area contributed by atoms with Gasteiger partial charge in [-0.2, -0.15) is 4.39 Å². The summed E-state index contributed by atoms with van der Waals surface area (Å²) in [5.74, 6) is 0.578. The third kappa shape index (κ3) is 7.02. The predicted octanol–water partition coefficient (Wildman–Crippen LogP) is 9.40. The lowest BCUT2D eigenvalue weighted by molar-refractivity contribution is 0.565. The molecule has 10 heteroatoms. The average molecular weight is 618 g/mol. The molecule has 0 aliphatic heterocycles. The summed E-state index contributed by atoms with van der Waals surface area (Å²) in [5.41, 5.74) is 5.26. The van der Waals surface area contributed by atoms with E-state index in [4.69, 9.17) is 8.83 Å². The van der Waals surface area contributed by atoms with Crippen molar-refractivity contribution in [3.8, 4) is 45.2 Å². The molecule has 3 aromatic carbocycles. The zero-order valence-corrected chi connectivity index (χ0v) is 24.4. The third-order valence-corrected chi connectivity index (χ3v) is 7.05. The number of nitrogens with one attached hydrogen (secondary N) is 1. The Hall–Kier alpha value is -6.03. The normalized spacial score (nSPS) is 11.4. The van der Waals surface area contributed by atoms with E-state index >= 15 is 0 Å². The maximum atomic E-state index is 13.2. The topological polar surface area (TPSA) is 89.9 Å². The number of hydrogen-bond acceptors (Lipinski definition) is 7. The first kappa shape index (κ1) is 30.0. The van der Waals surface area contributed by atoms with Gasteiger partial charge in [0.15, 0.2) is 24.3 Å². The molecule has 0 amide bonds. The molecule has 0 fully saturated rings. The van der Waals surface area contributed by atoms with E-state index in [1.54, 1.807) is 36.5 Å². The molecule has 4 heterocycles. The lowest BCUT2D eigenvalue weighted by Crippen LogP contribution is -2.07. The number of aromatic nitrogens is 4. The van der Waals surface area contributed by atoms with Crippen molar-refractivity contribution in [1.82, 2.24) is 19.9 Å². The van der Waals surface area contributed by atoms with E-state index < -0.39 is 5.95 Å². The minimum Gasteiger partial charge on any atom is -0.443 e. The van der Waals surface area contributed by atoms with Crippen LogP contribution in [0.2, 0.25) is 0 Å². The van der Waals surface area contributed by atoms with Crippen LogP contribution >= 0.6 is 0 Å². The van der Waals surface area contributed by atoms with E-state index in [1.165, 1.54) is 54.9 Å². The molecule has 0 saturated heterocycles. The monoisotopic (exact) mass is 617 g/mol. The smallest absolute Gasteiger partial charge is 0.213 e. The molecule has 0 aliphatic carbocycles. The minimum atomic E-state index is -0.598. The number of anilines is 1. The van der Waals surface area contributed by atoms with E-state index in [2.05, 4.69) is 44.3 Å². The molecule has 46 heavy (non-hydrogen) atoms. The standard InChI is InChI=1S/C22H18FN3O.C14H8F2N2O/c1-15(16-5-3-2-4-6-16)26-20-13-18(11-12-24-20)22-21(25-14-27-22)17-7-9-19(23)10-8-17;15-11-3-1-9(2-4-11)13-14(19-8-18-13)10-5-6-17-12(16)7-10/h2-15H,1H3,(H,24,26);1-8H/t15-;/m0./s1. The van der Waals surface area contributed by atoms with Crippen LogP contribution in [0.1, 0.15) is 18.5 Å². The molecule has 0 bridgehead atoms. The Balaban J connectivity index is 0.000000172. The van der Waals surface area contributed by atoms with Crippen LogP contribution in [-0.4, -0.2) is 19.9 Å². The molecule has 4 aromatic heterocycles. The van der Waals surface area contributed by atoms with Crippen LogP contribution in [0.3, 0.4) is 0 Å². The van der Waals surface area contributed by atoms with Gasteiger partial charge in [-0.1, -0.05) is 30.3 Å². The molecule has 0 saturated carbocycles. The van der Waals surface area contributed by atoms with Gasteiger partial charge in [0.1, 0.15) is 28.8 Å². The number of halogens is 3. The Labute approximate surface area is 262 Å². The maximum absolute atomic E-state index is 13.2. The highest BCUT2D eigenvalue weighted by atomic mass is 19.1. The Kier molecular flexibility index (Phi) is 8.96. The molecule has 7 aromatic rings. The lowest BCUT2D eigenvalue weighted by atomic mass is 10.1. The first-order valence-corrected chi connectivity index (χ1v) is 14.2. The number of oxazole rings is 2. The maximum Gasteiger partial charge on any atom is 0.213 e. The van der Waals surface area contributed by atoms with E-state index in [9.17, 15) is 13.2 Å². The van der Waals surface area contributed by atoms with Crippen LogP contribution in [0.15, 0.2) is 137 Å². The molecule has 0 unspecified atom stereocenters. The van der Waals surface area contributed by atoms with Gasteiger partial charge >= 0.3 is 0 Å². The Morgan fingerprint density at radius 2 is 1.09 bits per heavy atom. The van der Waals surface area contributed by atoms with Crippen molar-refractivity contribution in [1.29, 1.82) is 0 Å². The van der Waals surface area contributed by atoms with Crippen molar-refractivity contribution in [2.75, 3.05) is 5.32 Å². The van der Waals surface area contributed by atoms with Gasteiger partial charge in [-0.25, -0.2) is 28.7 Å². The molecule has 7 nitrogen and oxygen atoms in total. The van der Waals surface area contributed by atoms with Crippen molar-refractivity contribution in [2.24, 2.45) is 0 Å². The van der Waals surface area contributed by atoms with Gasteiger partial charge in [-0.3, -0.25) is 0 Å². The fourth-order valence-electron chi connectivity index (χ4n) is 4.77. The molecular weight excluding hydrogens is 591 g/mol.